The maximum atomic E-state index is 13.7. The second-order valence-electron chi connectivity index (χ2n) is 5.25. The third-order valence-electron chi connectivity index (χ3n) is 3.42. The zero-order valence-corrected chi connectivity index (χ0v) is 13.5. The Labute approximate surface area is 137 Å². The van der Waals surface area contributed by atoms with Crippen LogP contribution in [0.4, 0.5) is 4.39 Å². The van der Waals surface area contributed by atoms with Crippen LogP contribution < -0.4 is 5.32 Å². The molecule has 3 rings (SSSR count). The lowest BCUT2D eigenvalue weighted by Crippen LogP contribution is -2.25. The number of aryl methyl sites for hydroxylation is 2. The summed E-state index contributed by atoms with van der Waals surface area (Å²) in [6, 6.07) is 8.05. The van der Waals surface area contributed by atoms with Gasteiger partial charge in [-0.25, -0.2) is 14.4 Å². The van der Waals surface area contributed by atoms with Gasteiger partial charge in [-0.15, -0.1) is 11.3 Å². The average Bonchev–Trinajstić information content (AvgIpc) is 2.97. The zero-order chi connectivity index (χ0) is 16.2. The predicted octanol–water partition coefficient (Wildman–Crippen LogP) is 3.50. The van der Waals surface area contributed by atoms with Gasteiger partial charge in [0.15, 0.2) is 0 Å². The normalized spacial score (nSPS) is 10.9. The lowest BCUT2D eigenvalue weighted by Gasteiger charge is -2.05. The first-order valence-electron chi connectivity index (χ1n) is 7.38. The van der Waals surface area contributed by atoms with Crippen molar-refractivity contribution in [1.82, 2.24) is 15.3 Å². The molecular weight excluding hydrogens is 313 g/mol. The topological polar surface area (TPSA) is 54.9 Å². The first-order chi connectivity index (χ1) is 11.1. The molecule has 6 heteroatoms. The Hall–Kier alpha value is -2.34. The average molecular weight is 329 g/mol. The Morgan fingerprint density at radius 3 is 2.91 bits per heavy atom. The largest absolute Gasteiger partial charge is 0.351 e. The van der Waals surface area contributed by atoms with Gasteiger partial charge in [-0.2, -0.15) is 0 Å². The van der Waals surface area contributed by atoms with Crippen LogP contribution in [0.5, 0.6) is 0 Å². The summed E-state index contributed by atoms with van der Waals surface area (Å²) in [5.41, 5.74) is 1.47. The fourth-order valence-corrected chi connectivity index (χ4v) is 3.11. The predicted molar refractivity (Wildman–Crippen MR) is 89.2 cm³/mol. The van der Waals surface area contributed by atoms with E-state index in [9.17, 15) is 9.18 Å². The van der Waals surface area contributed by atoms with E-state index < -0.39 is 5.82 Å². The Balaban J connectivity index is 1.58. The van der Waals surface area contributed by atoms with E-state index in [1.165, 1.54) is 6.07 Å². The third-order valence-corrected chi connectivity index (χ3v) is 4.45. The van der Waals surface area contributed by atoms with Gasteiger partial charge in [-0.05, 0) is 25.5 Å². The summed E-state index contributed by atoms with van der Waals surface area (Å²) in [5.74, 6) is -0.707. The molecule has 118 valence electrons. The summed E-state index contributed by atoms with van der Waals surface area (Å²) in [4.78, 5) is 20.6. The van der Waals surface area contributed by atoms with E-state index in [4.69, 9.17) is 0 Å². The van der Waals surface area contributed by atoms with Gasteiger partial charge in [-0.1, -0.05) is 18.2 Å². The molecule has 1 aromatic carbocycles. The monoisotopic (exact) mass is 329 g/mol. The van der Waals surface area contributed by atoms with Crippen LogP contribution in [0.3, 0.4) is 0 Å². The van der Waals surface area contributed by atoms with Crippen LogP contribution in [0.1, 0.15) is 27.6 Å². The second kappa shape index (κ2) is 6.83. The highest BCUT2D eigenvalue weighted by atomic mass is 32.1. The molecule has 0 saturated heterocycles. The highest BCUT2D eigenvalue weighted by Crippen LogP contribution is 2.16. The number of pyridine rings is 1. The Morgan fingerprint density at radius 2 is 2.13 bits per heavy atom. The number of thiazole rings is 1. The molecule has 0 saturated carbocycles. The van der Waals surface area contributed by atoms with Gasteiger partial charge in [0, 0.05) is 29.4 Å². The molecule has 0 atom stereocenters. The van der Waals surface area contributed by atoms with Gasteiger partial charge in [0.25, 0.3) is 5.91 Å². The minimum absolute atomic E-state index is 0.221. The molecule has 23 heavy (non-hydrogen) atoms. The summed E-state index contributed by atoms with van der Waals surface area (Å²) in [6.45, 7) is 2.50. The molecule has 2 aromatic heterocycles. The van der Waals surface area contributed by atoms with Crippen molar-refractivity contribution in [2.75, 3.05) is 6.54 Å². The Kier molecular flexibility index (Phi) is 4.62. The van der Waals surface area contributed by atoms with Crippen LogP contribution in [-0.4, -0.2) is 22.4 Å². The molecule has 0 aliphatic rings. The lowest BCUT2D eigenvalue weighted by molar-refractivity contribution is 0.0948. The van der Waals surface area contributed by atoms with Gasteiger partial charge >= 0.3 is 0 Å². The minimum Gasteiger partial charge on any atom is -0.351 e. The maximum absolute atomic E-state index is 13.7. The molecule has 2 heterocycles. The second-order valence-corrected chi connectivity index (χ2v) is 6.19. The number of nitrogens with one attached hydrogen (secondary N) is 1. The minimum atomic E-state index is -0.420. The van der Waals surface area contributed by atoms with E-state index in [0.717, 1.165) is 23.5 Å². The molecule has 0 fully saturated rings. The highest BCUT2D eigenvalue weighted by molar-refractivity contribution is 7.09. The summed E-state index contributed by atoms with van der Waals surface area (Å²) in [5, 5.41) is 6.58. The van der Waals surface area contributed by atoms with Gasteiger partial charge in [0.1, 0.15) is 17.0 Å². The molecule has 0 unspecified atom stereocenters. The van der Waals surface area contributed by atoms with E-state index in [2.05, 4.69) is 15.3 Å². The molecule has 4 nitrogen and oxygen atoms in total. The first kappa shape index (κ1) is 15.6. The molecular formula is C17H16FN3OS. The van der Waals surface area contributed by atoms with E-state index in [0.29, 0.717) is 11.9 Å². The van der Waals surface area contributed by atoms with E-state index >= 15 is 0 Å². The highest BCUT2D eigenvalue weighted by Gasteiger charge is 2.10. The Bertz CT molecular complexity index is 847. The van der Waals surface area contributed by atoms with Crippen LogP contribution in [0.2, 0.25) is 0 Å². The van der Waals surface area contributed by atoms with Crippen molar-refractivity contribution >= 4 is 28.1 Å². The van der Waals surface area contributed by atoms with Crippen LogP contribution in [-0.2, 0) is 6.42 Å². The Morgan fingerprint density at radius 1 is 1.26 bits per heavy atom. The maximum Gasteiger partial charge on any atom is 0.269 e. The number of para-hydroxylation sites is 1. The quantitative estimate of drug-likeness (QED) is 0.729. The van der Waals surface area contributed by atoms with Crippen molar-refractivity contribution in [2.24, 2.45) is 0 Å². The van der Waals surface area contributed by atoms with Crippen LogP contribution in [0.15, 0.2) is 35.7 Å². The molecule has 1 amide bonds. The number of benzene rings is 1. The number of carbonyl (C=O) groups excluding carboxylic acids is 1. The smallest absolute Gasteiger partial charge is 0.269 e. The lowest BCUT2D eigenvalue weighted by atomic mass is 10.2. The number of carbonyl (C=O) groups is 1. The fourth-order valence-electron chi connectivity index (χ4n) is 2.29. The van der Waals surface area contributed by atoms with Crippen LogP contribution in [0.25, 0.3) is 10.9 Å². The van der Waals surface area contributed by atoms with E-state index in [1.807, 2.05) is 12.3 Å². The molecule has 0 radical (unpaired) electrons. The van der Waals surface area contributed by atoms with Crippen LogP contribution >= 0.6 is 11.3 Å². The van der Waals surface area contributed by atoms with Crippen molar-refractivity contribution in [3.05, 3.63) is 57.9 Å². The zero-order valence-electron chi connectivity index (χ0n) is 12.7. The molecule has 0 aliphatic carbocycles. The number of aromatic nitrogens is 2. The number of hydrogen-bond donors (Lipinski definition) is 1. The van der Waals surface area contributed by atoms with Crippen molar-refractivity contribution in [2.45, 2.75) is 19.8 Å². The standard InChI is InChI=1S/C17H16FN3OS/c1-11-10-23-15(20-11)6-3-9-19-17(22)14-8-7-12-4-2-5-13(18)16(12)21-14/h2,4-5,7-8,10H,3,6,9H2,1H3,(H,19,22). The third kappa shape index (κ3) is 3.71. The molecule has 1 N–H and O–H groups in total. The summed E-state index contributed by atoms with van der Waals surface area (Å²) in [7, 11) is 0. The SMILES string of the molecule is Cc1csc(CCCNC(=O)c2ccc3cccc(F)c3n2)n1. The number of halogens is 1. The molecule has 0 bridgehead atoms. The summed E-state index contributed by atoms with van der Waals surface area (Å²) in [6.07, 6.45) is 1.64. The van der Waals surface area contributed by atoms with Crippen LogP contribution in [0, 0.1) is 12.7 Å². The fraction of sp³-hybridized carbons (Fsp3) is 0.235. The van der Waals surface area contributed by atoms with Crippen molar-refractivity contribution < 1.29 is 9.18 Å². The summed E-state index contributed by atoms with van der Waals surface area (Å²) < 4.78 is 13.7. The van der Waals surface area contributed by atoms with E-state index in [1.54, 1.807) is 35.6 Å². The molecule has 0 aliphatic heterocycles. The number of amides is 1. The number of nitrogens with zero attached hydrogens (tertiary/aromatic N) is 2. The van der Waals surface area contributed by atoms with Crippen molar-refractivity contribution in [3.8, 4) is 0 Å². The van der Waals surface area contributed by atoms with Gasteiger partial charge in [0.2, 0.25) is 0 Å². The molecule has 3 aromatic rings. The van der Waals surface area contributed by atoms with Gasteiger partial charge < -0.3 is 5.32 Å². The number of rotatable bonds is 5. The number of hydrogen-bond acceptors (Lipinski definition) is 4. The number of fused-ring (bicyclic) bond motifs is 1. The van der Waals surface area contributed by atoms with Gasteiger partial charge in [0.05, 0.1) is 5.01 Å². The van der Waals surface area contributed by atoms with Gasteiger partial charge in [-0.3, -0.25) is 4.79 Å². The summed E-state index contributed by atoms with van der Waals surface area (Å²) >= 11 is 1.63. The molecule has 0 spiro atoms. The van der Waals surface area contributed by atoms with Crippen molar-refractivity contribution in [3.63, 3.8) is 0 Å². The van der Waals surface area contributed by atoms with E-state index in [-0.39, 0.29) is 17.1 Å². The first-order valence-corrected chi connectivity index (χ1v) is 8.26. The van der Waals surface area contributed by atoms with Crippen molar-refractivity contribution in [1.29, 1.82) is 0 Å².